The molecule has 0 amide bonds. The van der Waals surface area contributed by atoms with E-state index in [0.717, 1.165) is 16.7 Å². The molecule has 0 unspecified atom stereocenters. The van der Waals surface area contributed by atoms with E-state index in [1.165, 1.54) is 0 Å². The molecule has 0 atom stereocenters. The third-order valence-corrected chi connectivity index (χ3v) is 9.31. The Kier molecular flexibility index (Phi) is 5.46. The zero-order valence-corrected chi connectivity index (χ0v) is 18.1. The lowest BCUT2D eigenvalue weighted by Gasteiger charge is -2.35. The summed E-state index contributed by atoms with van der Waals surface area (Å²) in [5, 5.41) is 0.337. The molecule has 28 heavy (non-hydrogen) atoms. The molecule has 0 aliphatic heterocycles. The maximum Gasteiger partial charge on any atom is 0.176 e. The van der Waals surface area contributed by atoms with Crippen molar-refractivity contribution in [2.24, 2.45) is 0 Å². The highest BCUT2D eigenvalue weighted by Gasteiger charge is 2.49. The molecule has 3 aromatic carbocycles. The van der Waals surface area contributed by atoms with E-state index in [1.54, 1.807) is 0 Å². The van der Waals surface area contributed by atoms with Crippen LogP contribution in [0.4, 0.5) is 0 Å². The van der Waals surface area contributed by atoms with E-state index in [1.807, 2.05) is 107 Å². The van der Waals surface area contributed by atoms with E-state index in [2.05, 4.69) is 0 Å². The van der Waals surface area contributed by atoms with Crippen molar-refractivity contribution in [2.75, 3.05) is 0 Å². The zero-order valence-electron chi connectivity index (χ0n) is 17.2. The number of benzene rings is 3. The number of ketones is 1. The molecule has 3 heteroatoms. The van der Waals surface area contributed by atoms with Gasteiger partial charge in [0.25, 0.3) is 0 Å². The molecule has 0 heterocycles. The second kappa shape index (κ2) is 7.53. The van der Waals surface area contributed by atoms with Gasteiger partial charge in [-0.1, -0.05) is 78.4 Å². The Morgan fingerprint density at radius 1 is 0.750 bits per heavy atom. The number of aryl methyl sites for hydroxylation is 3. The number of carbonyl (C=O) groups excluding carboxylic acids is 1. The van der Waals surface area contributed by atoms with Crippen LogP contribution in [-0.2, 0) is 4.57 Å². The number of carbonyl (C=O) groups is 1. The normalized spacial score (nSPS) is 12.0. The van der Waals surface area contributed by atoms with Crippen LogP contribution in [-0.4, -0.2) is 10.9 Å². The molecular weight excluding hydrogens is 363 g/mol. The van der Waals surface area contributed by atoms with Crippen LogP contribution in [0.3, 0.4) is 0 Å². The number of Topliss-reactive ketones (excluding diaryl/α,β-unsaturated/α-hetero) is 1. The van der Waals surface area contributed by atoms with E-state index < -0.39 is 12.3 Å². The summed E-state index contributed by atoms with van der Waals surface area (Å²) in [7, 11) is -3.25. The summed E-state index contributed by atoms with van der Waals surface area (Å²) in [6.45, 7) is 9.60. The molecule has 0 fully saturated rings. The Bertz CT molecular complexity index is 984. The number of hydrogen-bond donors (Lipinski definition) is 0. The third-order valence-electron chi connectivity index (χ3n) is 5.49. The van der Waals surface area contributed by atoms with Crippen molar-refractivity contribution in [2.45, 2.75) is 39.8 Å². The standard InChI is InChI=1S/C25H27O2P/c1-18-16-19(2)23(20(3)17-18)24(26)25(4,5)28(27,21-12-8-6-9-13-21)22-14-10-7-11-15-22/h6-17H,1-5H3. The minimum Gasteiger partial charge on any atom is -0.313 e. The molecular formula is C25H27O2P. The maximum absolute atomic E-state index is 14.7. The third kappa shape index (κ3) is 3.27. The first kappa shape index (κ1) is 20.3. The molecule has 0 bridgehead atoms. The van der Waals surface area contributed by atoms with Crippen molar-refractivity contribution in [1.29, 1.82) is 0 Å². The van der Waals surface area contributed by atoms with Gasteiger partial charge in [-0.25, -0.2) is 0 Å². The first-order chi connectivity index (χ1) is 13.2. The summed E-state index contributed by atoms with van der Waals surface area (Å²) in [4.78, 5) is 13.8. The van der Waals surface area contributed by atoms with Gasteiger partial charge in [0.15, 0.2) is 12.9 Å². The Hall–Kier alpha value is -2.44. The molecule has 144 valence electrons. The highest BCUT2D eigenvalue weighted by Crippen LogP contribution is 2.57. The molecule has 0 aliphatic carbocycles. The Labute approximate surface area is 168 Å². The number of hydrogen-bond acceptors (Lipinski definition) is 2. The zero-order chi connectivity index (χ0) is 20.5. The van der Waals surface area contributed by atoms with Gasteiger partial charge in [0.2, 0.25) is 0 Å². The Balaban J connectivity index is 2.26. The van der Waals surface area contributed by atoms with Gasteiger partial charge in [-0.3, -0.25) is 4.79 Å². The molecule has 3 rings (SSSR count). The van der Waals surface area contributed by atoms with E-state index in [0.29, 0.717) is 16.2 Å². The van der Waals surface area contributed by atoms with E-state index in [-0.39, 0.29) is 5.78 Å². The van der Waals surface area contributed by atoms with Crippen LogP contribution in [0.2, 0.25) is 0 Å². The van der Waals surface area contributed by atoms with Gasteiger partial charge in [-0.15, -0.1) is 0 Å². The molecule has 2 nitrogen and oxygen atoms in total. The van der Waals surface area contributed by atoms with Crippen molar-refractivity contribution >= 4 is 23.5 Å². The van der Waals surface area contributed by atoms with Gasteiger partial charge < -0.3 is 4.57 Å². The average Bonchev–Trinajstić information content (AvgIpc) is 2.67. The van der Waals surface area contributed by atoms with Crippen molar-refractivity contribution in [3.05, 3.63) is 95.1 Å². The quantitative estimate of drug-likeness (QED) is 0.421. The molecule has 0 aromatic heterocycles. The molecule has 0 saturated carbocycles. The summed E-state index contributed by atoms with van der Waals surface area (Å²) in [6, 6.07) is 22.9. The largest absolute Gasteiger partial charge is 0.313 e. The van der Waals surface area contributed by atoms with Crippen molar-refractivity contribution < 1.29 is 9.36 Å². The van der Waals surface area contributed by atoms with E-state index in [9.17, 15) is 9.36 Å². The van der Waals surface area contributed by atoms with Crippen LogP contribution in [0.5, 0.6) is 0 Å². The Morgan fingerprint density at radius 2 is 1.14 bits per heavy atom. The van der Waals surface area contributed by atoms with Crippen LogP contribution in [0, 0.1) is 20.8 Å². The summed E-state index contributed by atoms with van der Waals surface area (Å²) in [6.07, 6.45) is 0. The lowest BCUT2D eigenvalue weighted by molar-refractivity contribution is 0.0952. The van der Waals surface area contributed by atoms with Crippen LogP contribution in [0.25, 0.3) is 0 Å². The van der Waals surface area contributed by atoms with Gasteiger partial charge in [0, 0.05) is 16.2 Å². The van der Waals surface area contributed by atoms with Gasteiger partial charge in [-0.2, -0.15) is 0 Å². The molecule has 0 aliphatic rings. The van der Waals surface area contributed by atoms with E-state index >= 15 is 0 Å². The van der Waals surface area contributed by atoms with Gasteiger partial charge in [0.05, 0.1) is 5.16 Å². The molecule has 3 aromatic rings. The highest BCUT2D eigenvalue weighted by atomic mass is 31.2. The Morgan fingerprint density at radius 3 is 1.54 bits per heavy atom. The summed E-state index contributed by atoms with van der Waals surface area (Å²) in [5.41, 5.74) is 3.67. The fraction of sp³-hybridized carbons (Fsp3) is 0.240. The second-order valence-electron chi connectivity index (χ2n) is 7.94. The fourth-order valence-corrected chi connectivity index (χ4v) is 7.23. The predicted octanol–water partition coefficient (Wildman–Crippen LogP) is 5.59. The van der Waals surface area contributed by atoms with Crippen LogP contribution in [0.1, 0.15) is 40.9 Å². The summed E-state index contributed by atoms with van der Waals surface area (Å²) >= 11 is 0. The highest BCUT2D eigenvalue weighted by molar-refractivity contribution is 7.80. The van der Waals surface area contributed by atoms with E-state index in [4.69, 9.17) is 0 Å². The first-order valence-electron chi connectivity index (χ1n) is 9.53. The summed E-state index contributed by atoms with van der Waals surface area (Å²) in [5.74, 6) is -0.0708. The van der Waals surface area contributed by atoms with Gasteiger partial charge in [-0.05, 0) is 45.7 Å². The monoisotopic (exact) mass is 390 g/mol. The lowest BCUT2D eigenvalue weighted by atomic mass is 9.91. The lowest BCUT2D eigenvalue weighted by Crippen LogP contribution is -2.40. The number of rotatable bonds is 5. The van der Waals surface area contributed by atoms with Crippen molar-refractivity contribution in [3.8, 4) is 0 Å². The maximum atomic E-state index is 14.7. The molecule has 0 radical (unpaired) electrons. The predicted molar refractivity (Wildman–Crippen MR) is 119 cm³/mol. The summed E-state index contributed by atoms with van der Waals surface area (Å²) < 4.78 is 14.7. The van der Waals surface area contributed by atoms with Crippen LogP contribution >= 0.6 is 7.14 Å². The second-order valence-corrected chi connectivity index (χ2v) is 11.3. The average molecular weight is 390 g/mol. The molecule has 0 saturated heterocycles. The SMILES string of the molecule is Cc1cc(C)c(C(=O)C(C)(C)P(=O)(c2ccccc2)c2ccccc2)c(C)c1. The minimum absolute atomic E-state index is 0.0708. The smallest absolute Gasteiger partial charge is 0.176 e. The van der Waals surface area contributed by atoms with Gasteiger partial charge in [0.1, 0.15) is 0 Å². The minimum atomic E-state index is -3.25. The van der Waals surface area contributed by atoms with Crippen LogP contribution in [0.15, 0.2) is 72.8 Å². The van der Waals surface area contributed by atoms with Crippen molar-refractivity contribution in [3.63, 3.8) is 0 Å². The molecule has 0 N–H and O–H groups in total. The fourth-order valence-electron chi connectivity index (χ4n) is 4.06. The van der Waals surface area contributed by atoms with Crippen molar-refractivity contribution in [1.82, 2.24) is 0 Å². The first-order valence-corrected chi connectivity index (χ1v) is 11.2. The topological polar surface area (TPSA) is 34.1 Å². The molecule has 0 spiro atoms. The van der Waals surface area contributed by atoms with Gasteiger partial charge >= 0.3 is 0 Å². The van der Waals surface area contributed by atoms with Crippen LogP contribution < -0.4 is 10.6 Å².